The van der Waals surface area contributed by atoms with Crippen LogP contribution in [0.5, 0.6) is 0 Å². The van der Waals surface area contributed by atoms with Gasteiger partial charge in [0.05, 0.1) is 24.3 Å². The van der Waals surface area contributed by atoms with Crippen molar-refractivity contribution in [3.05, 3.63) is 47.6 Å². The molecule has 5 atom stereocenters. The molecule has 7 nitrogen and oxygen atoms in total. The van der Waals surface area contributed by atoms with Crippen LogP contribution in [0.4, 0.5) is 4.39 Å². The largest absolute Gasteiger partial charge is 0.481 e. The molecule has 50 heavy (non-hydrogen) atoms. The van der Waals surface area contributed by atoms with Crippen molar-refractivity contribution in [3.63, 3.8) is 0 Å². The Morgan fingerprint density at radius 1 is 0.980 bits per heavy atom. The van der Waals surface area contributed by atoms with Gasteiger partial charge in [-0.2, -0.15) is 0 Å². The number of aliphatic hydroxyl groups is 1. The van der Waals surface area contributed by atoms with Crippen LogP contribution in [-0.2, 0) is 18.4 Å². The minimum Gasteiger partial charge on any atom is -0.481 e. The van der Waals surface area contributed by atoms with Gasteiger partial charge in [-0.3, -0.25) is 14.6 Å². The second-order valence-corrected chi connectivity index (χ2v) is 27.4. The number of aliphatic hydroxyl groups excluding tert-OH is 1. The molecule has 0 radical (unpaired) electrons. The van der Waals surface area contributed by atoms with E-state index in [4.69, 9.17) is 8.85 Å². The molecule has 1 heterocycles. The molecule has 10 heteroatoms. The number of carboxylic acids is 1. The Hall–Kier alpha value is -1.99. The molecule has 0 fully saturated rings. The van der Waals surface area contributed by atoms with Gasteiger partial charge in [-0.25, -0.2) is 4.39 Å². The lowest BCUT2D eigenvalue weighted by Gasteiger charge is -2.47. The zero-order valence-corrected chi connectivity index (χ0v) is 35.9. The van der Waals surface area contributed by atoms with Crippen molar-refractivity contribution < 1.29 is 33.0 Å². The number of hydrogen-bond acceptors (Lipinski definition) is 6. The molecule has 0 spiro atoms. The van der Waals surface area contributed by atoms with Crippen LogP contribution < -0.4 is 0 Å². The van der Waals surface area contributed by atoms with Crippen molar-refractivity contribution in [2.75, 3.05) is 0 Å². The first kappa shape index (κ1) is 46.0. The smallest absolute Gasteiger partial charge is 0.305 e. The van der Waals surface area contributed by atoms with Gasteiger partial charge in [0.2, 0.25) is 0 Å². The van der Waals surface area contributed by atoms with E-state index in [9.17, 15) is 24.2 Å². The number of Topliss-reactive ketones (excluding diaryl/α,β-unsaturated/α-hetero) is 1. The quantitative estimate of drug-likeness (QED) is 0.101. The number of halogens is 1. The molecule has 0 saturated heterocycles. The summed E-state index contributed by atoms with van der Waals surface area (Å²) in [5.74, 6) is -2.00. The predicted molar refractivity (Wildman–Crippen MR) is 210 cm³/mol. The van der Waals surface area contributed by atoms with E-state index in [1.165, 1.54) is 6.08 Å². The Balaban J connectivity index is 3.28. The van der Waals surface area contributed by atoms with Crippen LogP contribution in [0.25, 0.3) is 6.08 Å². The number of hydrogen-bond donors (Lipinski definition) is 2. The van der Waals surface area contributed by atoms with Crippen LogP contribution in [0, 0.1) is 17.3 Å². The topological polar surface area (TPSA) is 106 Å². The van der Waals surface area contributed by atoms with Gasteiger partial charge in [0.1, 0.15) is 17.7 Å². The Morgan fingerprint density at radius 2 is 1.54 bits per heavy atom. The van der Waals surface area contributed by atoms with E-state index < -0.39 is 52.0 Å². The molecule has 0 amide bonds. The molecular weight excluding hydrogens is 666 g/mol. The average Bonchev–Trinajstić information content (AvgIpc) is 2.98. The van der Waals surface area contributed by atoms with Gasteiger partial charge in [-0.05, 0) is 99.4 Å². The molecule has 1 aromatic rings. The van der Waals surface area contributed by atoms with Gasteiger partial charge in [0.25, 0.3) is 0 Å². The van der Waals surface area contributed by atoms with E-state index in [1.54, 1.807) is 24.4 Å². The molecule has 2 N–H and O–H groups in total. The van der Waals surface area contributed by atoms with Gasteiger partial charge < -0.3 is 19.1 Å². The molecule has 0 aliphatic carbocycles. The van der Waals surface area contributed by atoms with Gasteiger partial charge in [-0.15, -0.1) is 0 Å². The Bertz CT molecular complexity index is 1300. The van der Waals surface area contributed by atoms with Crippen molar-refractivity contribution in [2.24, 2.45) is 17.3 Å². The van der Waals surface area contributed by atoms with Crippen molar-refractivity contribution in [3.8, 4) is 0 Å². The van der Waals surface area contributed by atoms with Crippen LogP contribution in [-0.4, -0.2) is 61.9 Å². The average molecular weight is 736 g/mol. The predicted octanol–water partition coefficient (Wildman–Crippen LogP) is 10.8. The summed E-state index contributed by atoms with van der Waals surface area (Å²) in [6.07, 6.45) is 5.30. The van der Waals surface area contributed by atoms with E-state index in [2.05, 4.69) is 79.6 Å². The first-order valence-electron chi connectivity index (χ1n) is 18.4. The highest BCUT2D eigenvalue weighted by Gasteiger charge is 2.50. The van der Waals surface area contributed by atoms with Crippen LogP contribution >= 0.6 is 0 Å². The summed E-state index contributed by atoms with van der Waals surface area (Å²) in [7, 11) is -4.71. The SMILES string of the molecule is CC[C@@H](C(=O)C(C)(C)[C@H](CC(=O)O)O[Si](C)(C)C(C)(C)C)[C@@H](O[Si](C)(C)C(C)(C)C)[C@@H](C)CCC/C(C)=C/C[C@H](O)/C(F)=C/c1ccccn1. The third kappa shape index (κ3) is 13.5. The van der Waals surface area contributed by atoms with E-state index >= 15 is 0 Å². The highest BCUT2D eigenvalue weighted by molar-refractivity contribution is 6.74. The fraction of sp³-hybridized carbons (Fsp3) is 0.725. The number of nitrogens with zero attached hydrogens (tertiary/aromatic N) is 1. The molecule has 0 aliphatic rings. The highest BCUT2D eigenvalue weighted by atomic mass is 28.4. The summed E-state index contributed by atoms with van der Waals surface area (Å²) in [6.45, 7) is 31.4. The maximum atomic E-state index is 14.7. The second kappa shape index (κ2) is 18.7. The van der Waals surface area contributed by atoms with E-state index in [0.29, 0.717) is 12.1 Å². The molecule has 0 saturated carbocycles. The lowest BCUT2D eigenvalue weighted by Crippen LogP contribution is -2.54. The molecular formula is C40H70FNO6Si2. The standard InChI is InChI=1S/C40H70FNO6Si2/c1-16-31(37(46)40(10,11)34(27-35(44)45)47-49(12,13)38(4,5)6)36(48-50(14,15)39(7,8)9)29(3)21-19-20-28(2)23-24-33(43)32(41)26-30-22-17-18-25-42-30/h17-18,22-23,25-26,29,31,33-34,36,43H,16,19-21,24,27H2,1-15H3,(H,44,45)/b28-23+,32-26-/t29-,31+,33-,34-,36-/m0/s1. The van der Waals surface area contributed by atoms with Crippen molar-refractivity contribution >= 4 is 34.5 Å². The molecule has 0 unspecified atom stereocenters. The number of ketones is 1. The maximum Gasteiger partial charge on any atom is 0.305 e. The molecule has 1 aromatic heterocycles. The number of aliphatic carboxylic acids is 1. The van der Waals surface area contributed by atoms with E-state index in [0.717, 1.165) is 24.8 Å². The van der Waals surface area contributed by atoms with Crippen LogP contribution in [0.1, 0.15) is 120 Å². The lowest BCUT2D eigenvalue weighted by molar-refractivity contribution is -0.147. The third-order valence-corrected chi connectivity index (χ3v) is 20.2. The van der Waals surface area contributed by atoms with Crippen LogP contribution in [0.3, 0.4) is 0 Å². The number of aromatic nitrogens is 1. The molecule has 0 aliphatic heterocycles. The Kier molecular flexibility index (Phi) is 17.2. The summed E-state index contributed by atoms with van der Waals surface area (Å²) in [5, 5.41) is 20.1. The first-order chi connectivity index (χ1) is 22.7. The third-order valence-electron chi connectivity index (χ3n) is 11.2. The van der Waals surface area contributed by atoms with E-state index in [1.807, 2.05) is 33.8 Å². The zero-order chi connectivity index (χ0) is 38.9. The maximum absolute atomic E-state index is 14.7. The molecule has 286 valence electrons. The number of carbonyl (C=O) groups excluding carboxylic acids is 1. The fourth-order valence-electron chi connectivity index (χ4n) is 5.54. The van der Waals surface area contributed by atoms with Gasteiger partial charge in [0, 0.05) is 17.5 Å². The van der Waals surface area contributed by atoms with Crippen molar-refractivity contribution in [1.29, 1.82) is 0 Å². The summed E-state index contributed by atoms with van der Waals surface area (Å²) in [5.41, 5.74) is 0.470. The summed E-state index contributed by atoms with van der Waals surface area (Å²) < 4.78 is 28.4. The van der Waals surface area contributed by atoms with Crippen LogP contribution in [0.2, 0.25) is 36.3 Å². The van der Waals surface area contributed by atoms with Gasteiger partial charge >= 0.3 is 5.97 Å². The number of rotatable bonds is 20. The fourth-order valence-corrected chi connectivity index (χ4v) is 8.42. The van der Waals surface area contributed by atoms with Gasteiger partial charge in [-0.1, -0.05) is 87.0 Å². The number of pyridine rings is 1. The number of carbonyl (C=O) groups is 2. The highest BCUT2D eigenvalue weighted by Crippen LogP contribution is 2.44. The van der Waals surface area contributed by atoms with Crippen molar-refractivity contribution in [1.82, 2.24) is 4.98 Å². The van der Waals surface area contributed by atoms with Crippen LogP contribution in [0.15, 0.2) is 41.9 Å². The molecule has 1 rings (SSSR count). The Morgan fingerprint density at radius 3 is 2.02 bits per heavy atom. The number of allylic oxidation sites excluding steroid dienone is 1. The monoisotopic (exact) mass is 735 g/mol. The van der Waals surface area contributed by atoms with Crippen molar-refractivity contribution in [2.45, 2.75) is 169 Å². The van der Waals surface area contributed by atoms with E-state index in [-0.39, 0.29) is 40.7 Å². The summed E-state index contributed by atoms with van der Waals surface area (Å²) >= 11 is 0. The number of carboxylic acid groups (broad SMARTS) is 1. The second-order valence-electron chi connectivity index (χ2n) is 17.9. The zero-order valence-electron chi connectivity index (χ0n) is 33.9. The Labute approximate surface area is 305 Å². The summed E-state index contributed by atoms with van der Waals surface area (Å²) in [6, 6.07) is 5.21. The lowest BCUT2D eigenvalue weighted by atomic mass is 9.71. The normalized spacial score (nSPS) is 17.2. The summed E-state index contributed by atoms with van der Waals surface area (Å²) in [4.78, 5) is 31.0. The molecule has 0 aromatic carbocycles. The first-order valence-corrected chi connectivity index (χ1v) is 24.2. The minimum atomic E-state index is -2.40. The molecule has 0 bridgehead atoms. The minimum absolute atomic E-state index is 0.00799. The van der Waals surface area contributed by atoms with Gasteiger partial charge in [0.15, 0.2) is 16.6 Å².